The molecular weight excluding hydrogens is 348 g/mol. The Morgan fingerprint density at radius 1 is 1.04 bits per heavy atom. The number of anilines is 1. The molecule has 3 rings (SSSR count). The summed E-state index contributed by atoms with van der Waals surface area (Å²) in [5.74, 6) is 0.488. The molecule has 0 aromatic heterocycles. The van der Waals surface area contributed by atoms with Gasteiger partial charge in [0.25, 0.3) is 0 Å². The maximum absolute atomic E-state index is 13.0. The summed E-state index contributed by atoms with van der Waals surface area (Å²) in [7, 11) is 0. The largest absolute Gasteiger partial charge is 0.356 e. The van der Waals surface area contributed by atoms with Crippen LogP contribution in [-0.4, -0.2) is 24.9 Å². The highest BCUT2D eigenvalue weighted by Gasteiger charge is 2.32. The summed E-state index contributed by atoms with van der Waals surface area (Å²) >= 11 is 0. The maximum atomic E-state index is 13.0. The van der Waals surface area contributed by atoms with E-state index in [0.717, 1.165) is 44.3 Å². The molecule has 2 amide bonds. The molecule has 0 spiro atoms. The Labute approximate surface area is 169 Å². The Balaban J connectivity index is 1.43. The molecule has 0 unspecified atom stereocenters. The number of amides is 2. The standard InChI is InChI=1S/C24H34N2O2/c1-2-26(22-11-7-4-8-12-22)24(28)21-15-13-20(14-16-21)23(27)25-18-17-19-9-5-3-6-10-19/h4,7-9,11-12,20-21H,2-3,5-6,10,13-18H2,1H3,(H,25,27). The van der Waals surface area contributed by atoms with Crippen LogP contribution < -0.4 is 10.2 Å². The molecule has 1 fully saturated rings. The molecule has 152 valence electrons. The predicted octanol–water partition coefficient (Wildman–Crippen LogP) is 4.85. The number of rotatable bonds is 7. The first-order chi connectivity index (χ1) is 13.7. The lowest BCUT2D eigenvalue weighted by atomic mass is 9.80. The molecule has 1 aromatic carbocycles. The van der Waals surface area contributed by atoms with Gasteiger partial charge in [0.1, 0.15) is 0 Å². The van der Waals surface area contributed by atoms with E-state index in [1.807, 2.05) is 42.2 Å². The summed E-state index contributed by atoms with van der Waals surface area (Å²) in [5, 5.41) is 3.13. The van der Waals surface area contributed by atoms with Gasteiger partial charge in [-0.25, -0.2) is 0 Å². The van der Waals surface area contributed by atoms with E-state index in [2.05, 4.69) is 11.4 Å². The number of hydrogen-bond donors (Lipinski definition) is 1. The molecule has 0 atom stereocenters. The second kappa shape index (κ2) is 10.4. The zero-order valence-corrected chi connectivity index (χ0v) is 17.2. The Bertz CT molecular complexity index is 675. The van der Waals surface area contributed by atoms with Gasteiger partial charge in [-0.05, 0) is 76.8 Å². The third kappa shape index (κ3) is 5.46. The van der Waals surface area contributed by atoms with E-state index in [1.54, 1.807) is 0 Å². The van der Waals surface area contributed by atoms with Crippen LogP contribution in [0.25, 0.3) is 0 Å². The molecule has 0 radical (unpaired) electrons. The van der Waals surface area contributed by atoms with Crippen LogP contribution in [0.15, 0.2) is 42.0 Å². The fourth-order valence-electron chi connectivity index (χ4n) is 4.52. The van der Waals surface area contributed by atoms with Crippen LogP contribution in [0.4, 0.5) is 5.69 Å². The minimum atomic E-state index is 0.0385. The topological polar surface area (TPSA) is 49.4 Å². The van der Waals surface area contributed by atoms with E-state index < -0.39 is 0 Å². The predicted molar refractivity (Wildman–Crippen MR) is 114 cm³/mol. The van der Waals surface area contributed by atoms with Crippen LogP contribution in [0, 0.1) is 11.8 Å². The van der Waals surface area contributed by atoms with Crippen LogP contribution in [0.3, 0.4) is 0 Å². The monoisotopic (exact) mass is 382 g/mol. The lowest BCUT2D eigenvalue weighted by Crippen LogP contribution is -2.40. The number of nitrogens with zero attached hydrogens (tertiary/aromatic N) is 1. The van der Waals surface area contributed by atoms with Gasteiger partial charge >= 0.3 is 0 Å². The van der Waals surface area contributed by atoms with Gasteiger partial charge in [0, 0.05) is 30.6 Å². The zero-order chi connectivity index (χ0) is 19.8. The molecule has 0 bridgehead atoms. The van der Waals surface area contributed by atoms with Crippen molar-refractivity contribution in [2.45, 2.75) is 64.7 Å². The van der Waals surface area contributed by atoms with E-state index >= 15 is 0 Å². The van der Waals surface area contributed by atoms with Crippen molar-refractivity contribution >= 4 is 17.5 Å². The number of benzene rings is 1. The normalized spacial score (nSPS) is 22.2. The van der Waals surface area contributed by atoms with Gasteiger partial charge in [0.15, 0.2) is 0 Å². The first-order valence-electron chi connectivity index (χ1n) is 11.0. The molecule has 0 heterocycles. The Morgan fingerprint density at radius 3 is 2.39 bits per heavy atom. The van der Waals surface area contributed by atoms with Gasteiger partial charge in [-0.15, -0.1) is 0 Å². The summed E-state index contributed by atoms with van der Waals surface area (Å²) in [4.78, 5) is 27.4. The summed E-state index contributed by atoms with van der Waals surface area (Å²) in [6, 6.07) is 9.88. The van der Waals surface area contributed by atoms with Crippen molar-refractivity contribution in [2.24, 2.45) is 11.8 Å². The van der Waals surface area contributed by atoms with Crippen LogP contribution in [0.1, 0.15) is 64.7 Å². The minimum absolute atomic E-state index is 0.0385. The summed E-state index contributed by atoms with van der Waals surface area (Å²) in [5.41, 5.74) is 2.47. The van der Waals surface area contributed by atoms with Crippen molar-refractivity contribution < 1.29 is 9.59 Å². The van der Waals surface area contributed by atoms with E-state index in [-0.39, 0.29) is 23.7 Å². The lowest BCUT2D eigenvalue weighted by Gasteiger charge is -2.31. The van der Waals surface area contributed by atoms with Crippen molar-refractivity contribution in [3.05, 3.63) is 42.0 Å². The zero-order valence-electron chi connectivity index (χ0n) is 17.2. The van der Waals surface area contributed by atoms with Gasteiger partial charge < -0.3 is 10.2 Å². The summed E-state index contributed by atoms with van der Waals surface area (Å²) in [6.07, 6.45) is 11.6. The molecule has 2 aliphatic rings. The second-order valence-electron chi connectivity index (χ2n) is 8.12. The molecule has 28 heavy (non-hydrogen) atoms. The molecule has 1 aromatic rings. The Morgan fingerprint density at radius 2 is 1.75 bits per heavy atom. The van der Waals surface area contributed by atoms with Crippen LogP contribution in [-0.2, 0) is 9.59 Å². The Kier molecular flexibility index (Phi) is 7.70. The number of para-hydroxylation sites is 1. The van der Waals surface area contributed by atoms with Crippen LogP contribution >= 0.6 is 0 Å². The fraction of sp³-hybridized carbons (Fsp3) is 0.583. The number of nitrogens with one attached hydrogen (secondary N) is 1. The van der Waals surface area contributed by atoms with Gasteiger partial charge in [0.05, 0.1) is 0 Å². The number of allylic oxidation sites excluding steroid dienone is 1. The lowest BCUT2D eigenvalue weighted by molar-refractivity contribution is -0.129. The average molecular weight is 383 g/mol. The van der Waals surface area contributed by atoms with Crippen molar-refractivity contribution in [3.63, 3.8) is 0 Å². The van der Waals surface area contributed by atoms with Crippen LogP contribution in [0.5, 0.6) is 0 Å². The number of hydrogen-bond acceptors (Lipinski definition) is 2. The summed E-state index contributed by atoms with van der Waals surface area (Å²) < 4.78 is 0. The van der Waals surface area contributed by atoms with E-state index in [9.17, 15) is 9.59 Å². The Hall–Kier alpha value is -2.10. The molecule has 4 heteroatoms. The van der Waals surface area contributed by atoms with Gasteiger partial charge in [-0.1, -0.05) is 29.8 Å². The summed E-state index contributed by atoms with van der Waals surface area (Å²) in [6.45, 7) is 3.45. The molecular formula is C24H34N2O2. The maximum Gasteiger partial charge on any atom is 0.230 e. The smallest absolute Gasteiger partial charge is 0.230 e. The quantitative estimate of drug-likeness (QED) is 0.685. The SMILES string of the molecule is CCN(C(=O)C1CCC(C(=O)NCCC2=CCCCC2)CC1)c1ccccc1. The first-order valence-corrected chi connectivity index (χ1v) is 11.0. The fourth-order valence-corrected chi connectivity index (χ4v) is 4.52. The number of carbonyl (C=O) groups is 2. The second-order valence-corrected chi connectivity index (χ2v) is 8.12. The van der Waals surface area contributed by atoms with Gasteiger partial charge in [0.2, 0.25) is 11.8 Å². The van der Waals surface area contributed by atoms with Crippen molar-refractivity contribution in [3.8, 4) is 0 Å². The third-order valence-corrected chi connectivity index (χ3v) is 6.23. The minimum Gasteiger partial charge on any atom is -0.356 e. The highest BCUT2D eigenvalue weighted by molar-refractivity contribution is 5.95. The van der Waals surface area contributed by atoms with E-state index in [1.165, 1.54) is 31.3 Å². The van der Waals surface area contributed by atoms with Gasteiger partial charge in [-0.2, -0.15) is 0 Å². The number of carbonyl (C=O) groups excluding carboxylic acids is 2. The van der Waals surface area contributed by atoms with Gasteiger partial charge in [-0.3, -0.25) is 9.59 Å². The molecule has 1 saturated carbocycles. The van der Waals surface area contributed by atoms with Crippen molar-refractivity contribution in [1.82, 2.24) is 5.32 Å². The molecule has 4 nitrogen and oxygen atoms in total. The van der Waals surface area contributed by atoms with E-state index in [4.69, 9.17) is 0 Å². The molecule has 0 aliphatic heterocycles. The first kappa shape index (κ1) is 20.6. The van der Waals surface area contributed by atoms with Crippen LogP contribution in [0.2, 0.25) is 0 Å². The molecule has 2 aliphatic carbocycles. The van der Waals surface area contributed by atoms with Crippen molar-refractivity contribution in [1.29, 1.82) is 0 Å². The highest BCUT2D eigenvalue weighted by Crippen LogP contribution is 2.31. The molecule has 0 saturated heterocycles. The third-order valence-electron chi connectivity index (χ3n) is 6.23. The highest BCUT2D eigenvalue weighted by atomic mass is 16.2. The average Bonchev–Trinajstić information content (AvgIpc) is 2.76. The van der Waals surface area contributed by atoms with Crippen molar-refractivity contribution in [2.75, 3.05) is 18.0 Å². The molecule has 1 N–H and O–H groups in total. The van der Waals surface area contributed by atoms with E-state index in [0.29, 0.717) is 6.54 Å².